The molecule has 1 aliphatic heterocycles. The summed E-state index contributed by atoms with van der Waals surface area (Å²) in [4.78, 5) is 11.9. The number of aliphatic hydroxyl groups is 1. The van der Waals surface area contributed by atoms with Crippen LogP contribution in [0.15, 0.2) is 30.6 Å². The second kappa shape index (κ2) is 9.63. The first-order valence-corrected chi connectivity index (χ1v) is 13.6. The van der Waals surface area contributed by atoms with Crippen LogP contribution in [0.1, 0.15) is 69.9 Å². The maximum absolute atomic E-state index is 10.1. The molecule has 1 spiro atoms. The second-order valence-electron chi connectivity index (χ2n) is 11.3. The average molecular weight is 491 g/mol. The molecule has 0 unspecified atom stereocenters. The lowest BCUT2D eigenvalue weighted by Crippen LogP contribution is -2.33. The van der Waals surface area contributed by atoms with Gasteiger partial charge in [-0.2, -0.15) is 0 Å². The molecule has 2 N–H and O–H groups in total. The van der Waals surface area contributed by atoms with Gasteiger partial charge in [0, 0.05) is 49.6 Å². The minimum absolute atomic E-state index is 0.109. The van der Waals surface area contributed by atoms with Gasteiger partial charge in [-0.25, -0.2) is 14.5 Å². The molecule has 4 heterocycles. The van der Waals surface area contributed by atoms with E-state index in [9.17, 15) is 5.11 Å². The molecule has 1 atom stereocenters. The van der Waals surface area contributed by atoms with Gasteiger partial charge in [0.25, 0.3) is 0 Å². The van der Waals surface area contributed by atoms with Gasteiger partial charge in [0.2, 0.25) is 5.95 Å². The molecule has 192 valence electrons. The van der Waals surface area contributed by atoms with Crippen LogP contribution in [-0.4, -0.2) is 63.6 Å². The smallest absolute Gasteiger partial charge is 0.241 e. The van der Waals surface area contributed by atoms with Crippen LogP contribution < -0.4 is 10.2 Å². The number of rotatable bonds is 7. The van der Waals surface area contributed by atoms with E-state index in [0.717, 1.165) is 61.2 Å². The number of hydrogen-bond donors (Lipinski definition) is 2. The van der Waals surface area contributed by atoms with Crippen LogP contribution in [-0.2, 0) is 4.74 Å². The van der Waals surface area contributed by atoms with Gasteiger partial charge in [-0.3, -0.25) is 0 Å². The second-order valence-corrected chi connectivity index (χ2v) is 11.3. The molecular weight excluding hydrogens is 452 g/mol. The van der Waals surface area contributed by atoms with Gasteiger partial charge in [-0.05, 0) is 81.0 Å². The summed E-state index contributed by atoms with van der Waals surface area (Å²) < 4.78 is 7.35. The maximum Gasteiger partial charge on any atom is 0.241 e. The van der Waals surface area contributed by atoms with Gasteiger partial charge in [-0.1, -0.05) is 6.42 Å². The third-order valence-corrected chi connectivity index (χ3v) is 8.68. The lowest BCUT2D eigenvalue weighted by atomic mass is 9.68. The minimum Gasteiger partial charge on any atom is -0.393 e. The number of aromatic nitrogens is 4. The van der Waals surface area contributed by atoms with Crippen molar-refractivity contribution in [3.8, 4) is 11.1 Å². The van der Waals surface area contributed by atoms with Gasteiger partial charge < -0.3 is 20.1 Å². The van der Waals surface area contributed by atoms with Gasteiger partial charge in [0.1, 0.15) is 5.82 Å². The van der Waals surface area contributed by atoms with Crippen molar-refractivity contribution in [1.82, 2.24) is 19.6 Å². The average Bonchev–Trinajstić information content (AvgIpc) is 3.48. The van der Waals surface area contributed by atoms with Crippen LogP contribution in [0.3, 0.4) is 0 Å². The Morgan fingerprint density at radius 2 is 2.00 bits per heavy atom. The summed E-state index contributed by atoms with van der Waals surface area (Å²) in [6.07, 6.45) is 12.7. The van der Waals surface area contributed by atoms with Crippen molar-refractivity contribution in [2.45, 2.75) is 76.4 Å². The molecule has 0 radical (unpaired) electrons. The van der Waals surface area contributed by atoms with Crippen molar-refractivity contribution in [2.75, 3.05) is 37.0 Å². The van der Waals surface area contributed by atoms with E-state index >= 15 is 0 Å². The molecule has 36 heavy (non-hydrogen) atoms. The highest BCUT2D eigenvalue weighted by Gasteiger charge is 2.43. The van der Waals surface area contributed by atoms with E-state index in [0.29, 0.717) is 23.9 Å². The standard InChI is InChI=1S/C28H38N6O2/c1-19(17-36-2)31-27-30-16-25-23(15-24(34(25)32-27)20-4-6-22(35)7-5-20)21-8-12-29-26(14-21)33-13-11-28(18-33)9-3-10-28/h8,12,14-16,19-20,22,35H,3-7,9-11,13,17-18H2,1-2H3,(H,31,32)/t19-,20?,22?/m0/s1. The monoisotopic (exact) mass is 490 g/mol. The van der Waals surface area contributed by atoms with Crippen molar-refractivity contribution >= 4 is 17.3 Å². The van der Waals surface area contributed by atoms with Crippen LogP contribution >= 0.6 is 0 Å². The molecule has 0 bridgehead atoms. The molecule has 0 amide bonds. The Bertz CT molecular complexity index is 1210. The van der Waals surface area contributed by atoms with E-state index in [1.54, 1.807) is 7.11 Å². The summed E-state index contributed by atoms with van der Waals surface area (Å²) in [5, 5.41) is 18.4. The molecule has 0 aromatic carbocycles. The lowest BCUT2D eigenvalue weighted by molar-refractivity contribution is 0.121. The molecule has 3 aromatic heterocycles. The molecule has 2 saturated carbocycles. The van der Waals surface area contributed by atoms with Crippen LogP contribution in [0.5, 0.6) is 0 Å². The maximum atomic E-state index is 10.1. The fourth-order valence-corrected chi connectivity index (χ4v) is 6.46. The van der Waals surface area contributed by atoms with Crippen LogP contribution in [0.25, 0.3) is 16.6 Å². The molecule has 1 saturated heterocycles. The van der Waals surface area contributed by atoms with E-state index in [2.05, 4.69) is 44.8 Å². The molecule has 2 aliphatic carbocycles. The quantitative estimate of drug-likeness (QED) is 0.499. The molecule has 6 rings (SSSR count). The molecular formula is C28H38N6O2. The first kappa shape index (κ1) is 23.7. The van der Waals surface area contributed by atoms with Crippen LogP contribution in [0.2, 0.25) is 0 Å². The number of nitrogens with one attached hydrogen (secondary N) is 1. The molecule has 3 aliphatic rings. The zero-order valence-corrected chi connectivity index (χ0v) is 21.5. The number of aliphatic hydroxyl groups excluding tert-OH is 1. The third-order valence-electron chi connectivity index (χ3n) is 8.68. The van der Waals surface area contributed by atoms with Crippen molar-refractivity contribution in [2.24, 2.45) is 5.41 Å². The molecule has 3 aromatic rings. The van der Waals surface area contributed by atoms with Gasteiger partial charge in [0.15, 0.2) is 0 Å². The van der Waals surface area contributed by atoms with Gasteiger partial charge in [-0.15, -0.1) is 5.10 Å². The van der Waals surface area contributed by atoms with Crippen LogP contribution in [0.4, 0.5) is 11.8 Å². The summed E-state index contributed by atoms with van der Waals surface area (Å²) in [6.45, 7) is 4.88. The zero-order chi connectivity index (χ0) is 24.7. The zero-order valence-electron chi connectivity index (χ0n) is 21.5. The van der Waals surface area contributed by atoms with Gasteiger partial charge >= 0.3 is 0 Å². The van der Waals surface area contributed by atoms with E-state index in [1.807, 2.05) is 12.4 Å². The summed E-state index contributed by atoms with van der Waals surface area (Å²) in [7, 11) is 1.70. The Labute approximate surface area is 213 Å². The normalized spacial score (nSPS) is 24.2. The molecule has 3 fully saturated rings. The number of ether oxygens (including phenoxy) is 1. The number of fused-ring (bicyclic) bond motifs is 1. The first-order chi connectivity index (χ1) is 17.5. The van der Waals surface area contributed by atoms with Crippen molar-refractivity contribution in [3.05, 3.63) is 36.3 Å². The highest BCUT2D eigenvalue weighted by molar-refractivity contribution is 5.82. The topological polar surface area (TPSA) is 87.8 Å². The van der Waals surface area contributed by atoms with E-state index in [4.69, 9.17) is 14.8 Å². The van der Waals surface area contributed by atoms with Gasteiger partial charge in [0.05, 0.1) is 24.4 Å². The summed E-state index contributed by atoms with van der Waals surface area (Å²) in [5.41, 5.74) is 5.05. The van der Waals surface area contributed by atoms with E-state index in [-0.39, 0.29) is 12.1 Å². The van der Waals surface area contributed by atoms with Crippen molar-refractivity contribution in [1.29, 1.82) is 0 Å². The largest absolute Gasteiger partial charge is 0.393 e. The summed E-state index contributed by atoms with van der Waals surface area (Å²) >= 11 is 0. The fraction of sp³-hybridized carbons (Fsp3) is 0.607. The summed E-state index contributed by atoms with van der Waals surface area (Å²) in [6, 6.07) is 6.76. The summed E-state index contributed by atoms with van der Waals surface area (Å²) in [5.74, 6) is 2.04. The van der Waals surface area contributed by atoms with Crippen LogP contribution in [0, 0.1) is 5.41 Å². The highest BCUT2D eigenvalue weighted by atomic mass is 16.5. The highest BCUT2D eigenvalue weighted by Crippen LogP contribution is 2.49. The van der Waals surface area contributed by atoms with Crippen molar-refractivity contribution < 1.29 is 9.84 Å². The Morgan fingerprint density at radius 1 is 1.17 bits per heavy atom. The Hall–Kier alpha value is -2.71. The number of pyridine rings is 1. The Kier molecular flexibility index (Phi) is 6.33. The lowest BCUT2D eigenvalue weighted by Gasteiger charge is -2.38. The first-order valence-electron chi connectivity index (χ1n) is 13.6. The SMILES string of the molecule is COC[C@H](C)Nc1ncc2c(-c3ccnc(N4CCC5(CCC5)C4)c3)cc(C3CCC(O)CC3)n2n1. The molecule has 8 heteroatoms. The third kappa shape index (κ3) is 4.45. The fourth-order valence-electron chi connectivity index (χ4n) is 6.46. The number of anilines is 2. The number of hydrogen-bond acceptors (Lipinski definition) is 7. The van der Waals surface area contributed by atoms with E-state index in [1.165, 1.54) is 31.4 Å². The Balaban J connectivity index is 1.36. The minimum atomic E-state index is -0.184. The Morgan fingerprint density at radius 3 is 2.72 bits per heavy atom. The molecule has 8 nitrogen and oxygen atoms in total. The number of methoxy groups -OCH3 is 1. The predicted molar refractivity (Wildman–Crippen MR) is 142 cm³/mol. The predicted octanol–water partition coefficient (Wildman–Crippen LogP) is 4.64. The number of nitrogens with zero attached hydrogens (tertiary/aromatic N) is 5. The van der Waals surface area contributed by atoms with E-state index < -0.39 is 0 Å². The van der Waals surface area contributed by atoms with Crippen molar-refractivity contribution in [3.63, 3.8) is 0 Å².